The molecule has 1 saturated carbocycles. The van der Waals surface area contributed by atoms with Crippen LogP contribution in [0.5, 0.6) is 11.5 Å². The Hall–Kier alpha value is -4.50. The fourth-order valence-electron chi connectivity index (χ4n) is 6.02. The van der Waals surface area contributed by atoms with Gasteiger partial charge in [0.15, 0.2) is 0 Å². The van der Waals surface area contributed by atoms with Crippen molar-refractivity contribution in [3.8, 4) is 11.5 Å². The van der Waals surface area contributed by atoms with Crippen molar-refractivity contribution in [2.45, 2.75) is 20.0 Å². The lowest BCUT2D eigenvalue weighted by Gasteiger charge is -2.19. The molecule has 1 heterocycles. The molecule has 0 radical (unpaired) electrons. The quantitative estimate of drug-likeness (QED) is 0.113. The van der Waals surface area contributed by atoms with Gasteiger partial charge in [-0.05, 0) is 73.2 Å². The smallest absolute Gasteiger partial charge is 0.338 e. The molecule has 6 rings (SSSR count). The van der Waals surface area contributed by atoms with Crippen molar-refractivity contribution >= 4 is 40.8 Å². The van der Waals surface area contributed by atoms with Gasteiger partial charge in [-0.1, -0.05) is 41.4 Å². The van der Waals surface area contributed by atoms with Crippen LogP contribution in [0.25, 0.3) is 0 Å². The number of nitro groups is 1. The van der Waals surface area contributed by atoms with Crippen LogP contribution >= 0.6 is 11.6 Å². The van der Waals surface area contributed by atoms with E-state index in [4.69, 9.17) is 21.1 Å². The third-order valence-electron chi connectivity index (χ3n) is 7.90. The Kier molecular flexibility index (Phi) is 6.38. The van der Waals surface area contributed by atoms with Crippen LogP contribution in [-0.4, -0.2) is 22.7 Å². The third kappa shape index (κ3) is 4.32. The molecule has 40 heavy (non-hydrogen) atoms. The summed E-state index contributed by atoms with van der Waals surface area (Å²) in [5, 5.41) is 11.4. The van der Waals surface area contributed by atoms with Crippen LogP contribution in [-0.2, 0) is 20.9 Å². The van der Waals surface area contributed by atoms with E-state index in [1.165, 1.54) is 40.8 Å². The Morgan fingerprint density at radius 2 is 1.73 bits per heavy atom. The van der Waals surface area contributed by atoms with Crippen LogP contribution < -0.4 is 9.64 Å². The molecule has 9 nitrogen and oxygen atoms in total. The maximum atomic E-state index is 13.1. The molecular weight excluding hydrogens is 536 g/mol. The zero-order chi connectivity index (χ0) is 28.1. The second-order valence-electron chi connectivity index (χ2n) is 10.2. The molecule has 10 heteroatoms. The van der Waals surface area contributed by atoms with E-state index < -0.39 is 10.9 Å². The molecule has 3 aromatic carbocycles. The number of amides is 2. The van der Waals surface area contributed by atoms with Crippen LogP contribution in [0, 0.1) is 33.8 Å². The zero-order valence-electron chi connectivity index (χ0n) is 21.3. The molecule has 1 saturated heterocycles. The van der Waals surface area contributed by atoms with E-state index in [1.807, 2.05) is 6.92 Å². The lowest BCUT2D eigenvalue weighted by molar-refractivity contribution is -0.385. The number of anilines is 1. The summed E-state index contributed by atoms with van der Waals surface area (Å²) in [5.41, 5.74) is 2.35. The van der Waals surface area contributed by atoms with E-state index in [0.29, 0.717) is 17.0 Å². The van der Waals surface area contributed by atoms with Gasteiger partial charge in [-0.2, -0.15) is 0 Å². The van der Waals surface area contributed by atoms with Gasteiger partial charge >= 0.3 is 11.7 Å². The Balaban J connectivity index is 1.07. The molecule has 0 N–H and O–H groups in total. The van der Waals surface area contributed by atoms with Crippen molar-refractivity contribution in [3.63, 3.8) is 0 Å². The van der Waals surface area contributed by atoms with Gasteiger partial charge in [0.1, 0.15) is 12.4 Å². The number of allylic oxidation sites excluding steroid dienone is 2. The van der Waals surface area contributed by atoms with Crippen LogP contribution in [0.3, 0.4) is 0 Å². The average molecular weight is 559 g/mol. The summed E-state index contributed by atoms with van der Waals surface area (Å²) in [6, 6.07) is 17.0. The monoisotopic (exact) mass is 558 g/mol. The van der Waals surface area contributed by atoms with Gasteiger partial charge in [-0.25, -0.2) is 4.79 Å². The number of hydrogen-bond acceptors (Lipinski definition) is 7. The van der Waals surface area contributed by atoms with E-state index in [-0.39, 0.29) is 64.1 Å². The first-order valence-corrected chi connectivity index (χ1v) is 13.1. The van der Waals surface area contributed by atoms with Crippen LogP contribution in [0.15, 0.2) is 78.4 Å². The van der Waals surface area contributed by atoms with E-state index in [2.05, 4.69) is 6.08 Å². The zero-order valence-corrected chi connectivity index (χ0v) is 22.0. The molecule has 0 aromatic heterocycles. The lowest BCUT2D eigenvalue weighted by atomic mass is 9.82. The molecule has 0 spiro atoms. The number of nitro benzene ring substituents is 1. The maximum absolute atomic E-state index is 13.1. The Bertz CT molecular complexity index is 1580. The number of hydrogen-bond donors (Lipinski definition) is 0. The Morgan fingerprint density at radius 1 is 1.02 bits per heavy atom. The summed E-state index contributed by atoms with van der Waals surface area (Å²) in [6.07, 6.45) is 3.00. The standard InChI is InChI=1S/C30H23ClN2O7/c1-16-13-19-14-22(16)26-25(19)28(34)32(29(26)35)20-9-7-18(8-10-20)30(36)39-15-17-5-11-21(12-6-17)40-27-23(31)3-2-4-24(27)33(37)38/h2-13,19,22,25-26H,14-15H2,1H3/t19-,22+,25+,26+/m1/s1. The van der Waals surface area contributed by atoms with E-state index in [0.717, 1.165) is 6.42 Å². The van der Waals surface area contributed by atoms with Crippen molar-refractivity contribution in [2.75, 3.05) is 4.90 Å². The number of halogens is 1. The molecule has 2 amide bonds. The first-order chi connectivity index (χ1) is 19.2. The SMILES string of the molecule is CC1=C[C@@H]2C[C@@H]1[C@@H]1C(=O)N(c3ccc(C(=O)OCc4ccc(Oc5c(Cl)cccc5[N+](=O)[O-])cc4)cc3)C(=O)[C@H]12. The summed E-state index contributed by atoms with van der Waals surface area (Å²) in [7, 11) is 0. The molecule has 2 aliphatic carbocycles. The first kappa shape index (κ1) is 25.8. The molecule has 2 fully saturated rings. The molecule has 0 unspecified atom stereocenters. The fraction of sp³-hybridized carbons (Fsp3) is 0.233. The Morgan fingerprint density at radius 3 is 2.42 bits per heavy atom. The van der Waals surface area contributed by atoms with Gasteiger partial charge in [-0.15, -0.1) is 0 Å². The first-order valence-electron chi connectivity index (χ1n) is 12.8. The van der Waals surface area contributed by atoms with Crippen LogP contribution in [0.4, 0.5) is 11.4 Å². The number of para-hydroxylation sites is 1. The van der Waals surface area contributed by atoms with Crippen LogP contribution in [0.1, 0.15) is 29.3 Å². The number of rotatable bonds is 7. The van der Waals surface area contributed by atoms with E-state index in [9.17, 15) is 24.5 Å². The number of carbonyl (C=O) groups excluding carboxylic acids is 3. The van der Waals surface area contributed by atoms with Gasteiger partial charge in [0.2, 0.25) is 17.6 Å². The molecular formula is C30H23ClN2O7. The molecule has 1 aliphatic heterocycles. The largest absolute Gasteiger partial charge is 0.457 e. The van der Waals surface area contributed by atoms with Gasteiger partial charge in [0.05, 0.1) is 33.0 Å². The number of carbonyl (C=O) groups is 3. The molecule has 202 valence electrons. The number of nitrogens with zero attached hydrogens (tertiary/aromatic N) is 2. The number of esters is 1. The topological polar surface area (TPSA) is 116 Å². The summed E-state index contributed by atoms with van der Waals surface area (Å²) in [5.74, 6) is -0.937. The van der Waals surface area contributed by atoms with Crippen molar-refractivity contribution in [1.29, 1.82) is 0 Å². The highest BCUT2D eigenvalue weighted by atomic mass is 35.5. The van der Waals surface area contributed by atoms with E-state index in [1.54, 1.807) is 36.4 Å². The maximum Gasteiger partial charge on any atom is 0.338 e. The highest BCUT2D eigenvalue weighted by molar-refractivity contribution is 6.32. The lowest BCUT2D eigenvalue weighted by Crippen LogP contribution is -2.32. The average Bonchev–Trinajstić information content (AvgIpc) is 3.59. The fourth-order valence-corrected chi connectivity index (χ4v) is 6.23. The molecule has 3 aliphatic rings. The highest BCUT2D eigenvalue weighted by Gasteiger charge is 2.60. The van der Waals surface area contributed by atoms with Crippen molar-refractivity contribution in [1.82, 2.24) is 0 Å². The molecule has 4 atom stereocenters. The van der Waals surface area contributed by atoms with Crippen LogP contribution in [0.2, 0.25) is 5.02 Å². The van der Waals surface area contributed by atoms with Crippen molar-refractivity contribution in [3.05, 3.63) is 105 Å². The van der Waals surface area contributed by atoms with E-state index >= 15 is 0 Å². The minimum atomic E-state index is -0.574. The van der Waals surface area contributed by atoms with Gasteiger partial charge in [-0.3, -0.25) is 24.6 Å². The van der Waals surface area contributed by atoms with Gasteiger partial charge < -0.3 is 9.47 Å². The number of imide groups is 1. The van der Waals surface area contributed by atoms with Gasteiger partial charge in [0, 0.05) is 6.07 Å². The number of benzene rings is 3. The summed E-state index contributed by atoms with van der Waals surface area (Å²) < 4.78 is 11.0. The second-order valence-corrected chi connectivity index (χ2v) is 10.6. The second kappa shape index (κ2) is 9.91. The minimum absolute atomic E-state index is 0.0192. The van der Waals surface area contributed by atoms with Crippen molar-refractivity contribution in [2.24, 2.45) is 23.7 Å². The third-order valence-corrected chi connectivity index (χ3v) is 8.20. The molecule has 3 aromatic rings. The summed E-state index contributed by atoms with van der Waals surface area (Å²) >= 11 is 6.07. The minimum Gasteiger partial charge on any atom is -0.457 e. The Labute approximate surface area is 234 Å². The van der Waals surface area contributed by atoms with Gasteiger partial charge in [0.25, 0.3) is 0 Å². The highest BCUT2D eigenvalue weighted by Crippen LogP contribution is 2.55. The number of fused-ring (bicyclic) bond motifs is 5. The predicted octanol–water partition coefficient (Wildman–Crippen LogP) is 6.10. The summed E-state index contributed by atoms with van der Waals surface area (Å²) in [4.78, 5) is 50.8. The summed E-state index contributed by atoms with van der Waals surface area (Å²) in [6.45, 7) is 2.01. The van der Waals surface area contributed by atoms with Crippen molar-refractivity contribution < 1.29 is 28.8 Å². The normalized spacial score (nSPS) is 22.8. The number of ether oxygens (including phenoxy) is 2. The predicted molar refractivity (Wildman–Crippen MR) is 145 cm³/mol. The molecule has 2 bridgehead atoms.